The van der Waals surface area contributed by atoms with E-state index in [4.69, 9.17) is 9.73 Å². The zero-order valence-corrected chi connectivity index (χ0v) is 19.2. The van der Waals surface area contributed by atoms with Crippen LogP contribution in [0.3, 0.4) is 0 Å². The second-order valence-electron chi connectivity index (χ2n) is 9.00. The van der Waals surface area contributed by atoms with E-state index in [-0.39, 0.29) is 11.9 Å². The van der Waals surface area contributed by atoms with E-state index in [1.807, 2.05) is 66.4 Å². The van der Waals surface area contributed by atoms with Gasteiger partial charge >= 0.3 is 0 Å². The molecule has 32 heavy (non-hydrogen) atoms. The minimum absolute atomic E-state index is 0.0666. The van der Waals surface area contributed by atoms with Crippen molar-refractivity contribution in [3.05, 3.63) is 54.6 Å². The second-order valence-corrected chi connectivity index (χ2v) is 9.99. The topological polar surface area (TPSA) is 53.9 Å². The number of nitrogens with one attached hydrogen (secondary N) is 1. The number of hydrogen-bond donors (Lipinski definition) is 1. The van der Waals surface area contributed by atoms with E-state index in [0.29, 0.717) is 18.5 Å². The summed E-state index contributed by atoms with van der Waals surface area (Å²) in [6.07, 6.45) is 9.36. The van der Waals surface area contributed by atoms with Crippen molar-refractivity contribution in [1.29, 1.82) is 0 Å². The molecule has 5 nitrogen and oxygen atoms in total. The van der Waals surface area contributed by atoms with Gasteiger partial charge in [-0.05, 0) is 62.1 Å². The molecule has 6 heteroatoms. The van der Waals surface area contributed by atoms with Crippen molar-refractivity contribution in [2.75, 3.05) is 11.1 Å². The molecule has 1 atom stereocenters. The summed E-state index contributed by atoms with van der Waals surface area (Å²) >= 11 is 1.85. The Hall–Kier alpha value is -2.47. The Morgan fingerprint density at radius 3 is 2.41 bits per heavy atom. The van der Waals surface area contributed by atoms with Gasteiger partial charge in [0.1, 0.15) is 11.5 Å². The molecule has 1 unspecified atom stereocenters. The fraction of sp³-hybridized carbons (Fsp3) is 0.462. The number of amides is 1. The lowest BCUT2D eigenvalue weighted by molar-refractivity contribution is -0.116. The highest BCUT2D eigenvalue weighted by Gasteiger charge is 2.41. The Labute approximate surface area is 194 Å². The highest BCUT2D eigenvalue weighted by molar-refractivity contribution is 8.14. The summed E-state index contributed by atoms with van der Waals surface area (Å²) in [6, 6.07) is 18.6. The van der Waals surface area contributed by atoms with Crippen LogP contribution < -0.4 is 10.1 Å². The predicted octanol–water partition coefficient (Wildman–Crippen LogP) is 6.08. The first kappa shape index (κ1) is 21.4. The molecule has 2 aliphatic carbocycles. The minimum atomic E-state index is 0.0666. The molecule has 2 aromatic rings. The molecule has 1 N–H and O–H groups in total. The summed E-state index contributed by atoms with van der Waals surface area (Å²) in [5, 5.41) is 4.26. The lowest BCUT2D eigenvalue weighted by atomic mass is 9.96. The summed E-state index contributed by atoms with van der Waals surface area (Å²) < 4.78 is 5.83. The normalized spacial score (nSPS) is 22.8. The number of nitrogens with zero attached hydrogens (tertiary/aromatic N) is 2. The summed E-state index contributed by atoms with van der Waals surface area (Å²) in [6.45, 7) is 0. The first-order valence-corrected chi connectivity index (χ1v) is 12.8. The van der Waals surface area contributed by atoms with Gasteiger partial charge in [0.05, 0.1) is 6.04 Å². The molecule has 1 aliphatic heterocycles. The van der Waals surface area contributed by atoms with Crippen molar-refractivity contribution in [2.24, 2.45) is 4.99 Å². The Morgan fingerprint density at radius 1 is 0.969 bits per heavy atom. The van der Waals surface area contributed by atoms with Gasteiger partial charge in [0.25, 0.3) is 0 Å². The lowest BCUT2D eigenvalue weighted by Crippen LogP contribution is -2.38. The molecule has 0 radical (unpaired) electrons. The Bertz CT molecular complexity index is 937. The molecular weight excluding hydrogens is 418 g/mol. The van der Waals surface area contributed by atoms with E-state index in [0.717, 1.165) is 22.9 Å². The van der Waals surface area contributed by atoms with Gasteiger partial charge in [-0.2, -0.15) is 0 Å². The molecule has 0 aromatic heterocycles. The molecule has 3 fully saturated rings. The van der Waals surface area contributed by atoms with Crippen molar-refractivity contribution in [1.82, 2.24) is 4.90 Å². The van der Waals surface area contributed by atoms with E-state index in [2.05, 4.69) is 10.2 Å². The van der Waals surface area contributed by atoms with Gasteiger partial charge in [0.2, 0.25) is 5.91 Å². The number of anilines is 1. The van der Waals surface area contributed by atoms with Crippen molar-refractivity contribution in [2.45, 2.75) is 69.5 Å². The van der Waals surface area contributed by atoms with Crippen LogP contribution in [0.1, 0.15) is 51.4 Å². The quantitative estimate of drug-likeness (QED) is 0.557. The lowest BCUT2D eigenvalue weighted by Gasteiger charge is -2.27. The molecule has 1 heterocycles. The average molecular weight is 450 g/mol. The van der Waals surface area contributed by atoms with Gasteiger partial charge < -0.3 is 15.0 Å². The molecule has 0 spiro atoms. The Morgan fingerprint density at radius 2 is 1.69 bits per heavy atom. The maximum atomic E-state index is 12.8. The van der Waals surface area contributed by atoms with Gasteiger partial charge in [-0.1, -0.05) is 49.2 Å². The largest absolute Gasteiger partial charge is 0.457 e. The van der Waals surface area contributed by atoms with Crippen LogP contribution in [0.4, 0.5) is 5.69 Å². The van der Waals surface area contributed by atoms with E-state index < -0.39 is 0 Å². The van der Waals surface area contributed by atoms with Crippen LogP contribution in [0.15, 0.2) is 59.6 Å². The zero-order chi connectivity index (χ0) is 21.8. The molecule has 1 amide bonds. The number of benzene rings is 2. The third kappa shape index (κ3) is 5.47. The van der Waals surface area contributed by atoms with Crippen LogP contribution >= 0.6 is 11.8 Å². The van der Waals surface area contributed by atoms with Gasteiger partial charge in [-0.15, -0.1) is 0 Å². The Kier molecular flexibility index (Phi) is 6.67. The third-order valence-corrected chi connectivity index (χ3v) is 7.49. The molecule has 3 aliphatic rings. The number of amidine groups is 1. The first-order chi connectivity index (χ1) is 15.7. The molecule has 2 saturated carbocycles. The van der Waals surface area contributed by atoms with E-state index >= 15 is 0 Å². The molecular formula is C26H31N3O2S. The average Bonchev–Trinajstić information content (AvgIpc) is 3.58. The molecule has 1 saturated heterocycles. The maximum absolute atomic E-state index is 12.8. The fourth-order valence-electron chi connectivity index (χ4n) is 4.57. The van der Waals surface area contributed by atoms with E-state index in [1.165, 1.54) is 50.1 Å². The number of aliphatic imine (C=N–C) groups is 1. The molecule has 2 aromatic carbocycles. The molecule has 168 valence electrons. The Balaban J connectivity index is 1.17. The maximum Gasteiger partial charge on any atom is 0.226 e. The highest BCUT2D eigenvalue weighted by Crippen LogP contribution is 2.38. The molecule has 0 bridgehead atoms. The van der Waals surface area contributed by atoms with Gasteiger partial charge in [-0.25, -0.2) is 0 Å². The van der Waals surface area contributed by atoms with Gasteiger partial charge in [0.15, 0.2) is 5.17 Å². The second kappa shape index (κ2) is 9.99. The number of hydrogen-bond acceptors (Lipinski definition) is 4. The summed E-state index contributed by atoms with van der Waals surface area (Å²) in [4.78, 5) is 20.4. The number of rotatable bonds is 7. The van der Waals surface area contributed by atoms with Crippen molar-refractivity contribution >= 4 is 28.5 Å². The predicted molar refractivity (Wildman–Crippen MR) is 132 cm³/mol. The number of carbonyl (C=O) groups excluding carboxylic acids is 1. The fourth-order valence-corrected chi connectivity index (χ4v) is 5.86. The van der Waals surface area contributed by atoms with Gasteiger partial charge in [0, 0.05) is 29.9 Å². The van der Waals surface area contributed by atoms with Crippen LogP contribution in [0.2, 0.25) is 0 Å². The van der Waals surface area contributed by atoms with Crippen molar-refractivity contribution in [3.8, 4) is 11.5 Å². The number of para-hydroxylation sites is 1. The summed E-state index contributed by atoms with van der Waals surface area (Å²) in [5.74, 6) is 2.58. The SMILES string of the molecule is O=C(CC1CSC(=NC2CCCCC2)N1C1CC1)Nc1ccc(Oc2ccccc2)cc1. The van der Waals surface area contributed by atoms with Crippen LogP contribution in [0.25, 0.3) is 0 Å². The van der Waals surface area contributed by atoms with E-state index in [1.54, 1.807) is 0 Å². The smallest absolute Gasteiger partial charge is 0.226 e. The van der Waals surface area contributed by atoms with Crippen LogP contribution in [-0.4, -0.2) is 39.9 Å². The highest BCUT2D eigenvalue weighted by atomic mass is 32.2. The van der Waals surface area contributed by atoms with Gasteiger partial charge in [-0.3, -0.25) is 9.79 Å². The number of thioether (sulfide) groups is 1. The monoisotopic (exact) mass is 449 g/mol. The van der Waals surface area contributed by atoms with Crippen LogP contribution in [0.5, 0.6) is 11.5 Å². The van der Waals surface area contributed by atoms with Crippen LogP contribution in [-0.2, 0) is 4.79 Å². The number of carbonyl (C=O) groups is 1. The number of ether oxygens (including phenoxy) is 1. The van der Waals surface area contributed by atoms with E-state index in [9.17, 15) is 4.79 Å². The minimum Gasteiger partial charge on any atom is -0.457 e. The third-order valence-electron chi connectivity index (χ3n) is 6.37. The van der Waals surface area contributed by atoms with Crippen molar-refractivity contribution in [3.63, 3.8) is 0 Å². The van der Waals surface area contributed by atoms with Crippen LogP contribution in [0, 0.1) is 0 Å². The first-order valence-electron chi connectivity index (χ1n) is 11.9. The standard InChI is InChI=1S/C26H31N3O2S/c30-25(27-20-11-15-24(16-12-20)31-23-9-5-2-6-10-23)17-22-18-32-26(29(22)21-13-14-21)28-19-7-3-1-4-8-19/h2,5-6,9-12,15-16,19,21-22H,1,3-4,7-8,13-14,17-18H2,(H,27,30). The molecule has 5 rings (SSSR count). The zero-order valence-electron chi connectivity index (χ0n) is 18.4. The van der Waals surface area contributed by atoms with Crippen molar-refractivity contribution < 1.29 is 9.53 Å². The summed E-state index contributed by atoms with van der Waals surface area (Å²) in [7, 11) is 0. The summed E-state index contributed by atoms with van der Waals surface area (Å²) in [5.41, 5.74) is 0.801.